The molecule has 0 saturated heterocycles. The van der Waals surface area contributed by atoms with Gasteiger partial charge in [0.25, 0.3) is 0 Å². The number of rotatable bonds is 5. The normalized spacial score (nSPS) is 11.1. The van der Waals surface area contributed by atoms with E-state index in [2.05, 4.69) is 40.9 Å². The molecule has 0 spiro atoms. The summed E-state index contributed by atoms with van der Waals surface area (Å²) < 4.78 is 0. The molecule has 126 valence electrons. The Bertz CT molecular complexity index is 870. The number of anilines is 1. The Kier molecular flexibility index (Phi) is 4.48. The highest BCUT2D eigenvalue weighted by molar-refractivity contribution is 5.68. The number of nitrogens with one attached hydrogen (secondary N) is 1. The highest BCUT2D eigenvalue weighted by Crippen LogP contribution is 2.24. The van der Waals surface area contributed by atoms with E-state index in [0.717, 1.165) is 22.5 Å². The fourth-order valence-corrected chi connectivity index (χ4v) is 2.55. The molecule has 3 aromatic rings. The summed E-state index contributed by atoms with van der Waals surface area (Å²) >= 11 is 0. The van der Waals surface area contributed by atoms with Crippen LogP contribution in [-0.2, 0) is 5.54 Å². The zero-order chi connectivity index (χ0) is 17.9. The van der Waals surface area contributed by atoms with E-state index >= 15 is 0 Å². The molecule has 0 aliphatic carbocycles. The summed E-state index contributed by atoms with van der Waals surface area (Å²) in [7, 11) is 0. The summed E-state index contributed by atoms with van der Waals surface area (Å²) in [5, 5.41) is 12.0. The van der Waals surface area contributed by atoms with Crippen molar-refractivity contribution in [1.82, 2.24) is 15.2 Å². The molecule has 0 aliphatic heterocycles. The van der Waals surface area contributed by atoms with Gasteiger partial charge in [-0.3, -0.25) is 4.98 Å². The van der Waals surface area contributed by atoms with Gasteiger partial charge >= 0.3 is 0 Å². The lowest BCUT2D eigenvalue weighted by Gasteiger charge is -2.26. The van der Waals surface area contributed by atoms with Crippen LogP contribution in [0.2, 0.25) is 0 Å². The molecule has 2 aromatic heterocycles. The fourth-order valence-electron chi connectivity index (χ4n) is 2.55. The van der Waals surface area contributed by atoms with Crippen LogP contribution in [-0.4, -0.2) is 15.2 Å². The van der Waals surface area contributed by atoms with E-state index in [0.29, 0.717) is 11.5 Å². The fraction of sp³-hybridized carbons (Fsp3) is 0.150. The summed E-state index contributed by atoms with van der Waals surface area (Å²) in [6, 6.07) is 17.5. The number of nitrogens with two attached hydrogens (primary N) is 1. The summed E-state index contributed by atoms with van der Waals surface area (Å²) in [4.78, 5) is 4.41. The van der Waals surface area contributed by atoms with Gasteiger partial charge in [0.2, 0.25) is 0 Å². The Morgan fingerprint density at radius 3 is 2.52 bits per heavy atom. The van der Waals surface area contributed by atoms with Crippen molar-refractivity contribution in [2.24, 2.45) is 5.73 Å². The first kappa shape index (κ1) is 16.6. The van der Waals surface area contributed by atoms with Crippen molar-refractivity contribution < 1.29 is 0 Å². The number of benzene rings is 1. The largest absolute Gasteiger partial charge is 0.399 e. The van der Waals surface area contributed by atoms with Crippen LogP contribution in [0.1, 0.15) is 25.1 Å². The van der Waals surface area contributed by atoms with Gasteiger partial charge in [0.05, 0.1) is 16.9 Å². The Balaban J connectivity index is 1.81. The third kappa shape index (κ3) is 3.83. The van der Waals surface area contributed by atoms with Gasteiger partial charge in [-0.2, -0.15) is 0 Å². The van der Waals surface area contributed by atoms with E-state index in [1.165, 1.54) is 0 Å². The molecule has 2 heterocycles. The number of aromatic nitrogens is 3. The van der Waals surface area contributed by atoms with Crippen LogP contribution in [0.5, 0.6) is 0 Å². The lowest BCUT2D eigenvalue weighted by atomic mass is 10.00. The highest BCUT2D eigenvalue weighted by atomic mass is 15.2. The molecule has 0 aliphatic rings. The topological polar surface area (TPSA) is 76.7 Å². The van der Waals surface area contributed by atoms with Gasteiger partial charge in [0.1, 0.15) is 5.82 Å². The molecule has 3 rings (SSSR count). The molecule has 0 unspecified atom stereocenters. The van der Waals surface area contributed by atoms with Crippen molar-refractivity contribution in [2.75, 3.05) is 5.32 Å². The van der Waals surface area contributed by atoms with Crippen LogP contribution >= 0.6 is 0 Å². The molecule has 0 radical (unpaired) electrons. The van der Waals surface area contributed by atoms with E-state index in [-0.39, 0.29) is 5.54 Å². The Hall–Kier alpha value is -3.21. The summed E-state index contributed by atoms with van der Waals surface area (Å²) in [5.74, 6) is 0.693. The first-order valence-electron chi connectivity index (χ1n) is 8.04. The standard InChI is InChI=1S/C20H21N5/c1-14(21)15-7-6-8-16(13-15)17-10-11-19(25-24-17)23-20(2,3)18-9-4-5-12-22-18/h4-13H,1,21H2,2-3H3,(H,23,25). The summed E-state index contributed by atoms with van der Waals surface area (Å²) in [6.45, 7) is 7.88. The third-order valence-corrected chi connectivity index (χ3v) is 3.94. The second-order valence-electron chi connectivity index (χ2n) is 6.37. The molecular weight excluding hydrogens is 310 g/mol. The van der Waals surface area contributed by atoms with Crippen LogP contribution < -0.4 is 11.1 Å². The molecule has 5 nitrogen and oxygen atoms in total. The van der Waals surface area contributed by atoms with Crippen molar-refractivity contribution in [2.45, 2.75) is 19.4 Å². The molecule has 0 bridgehead atoms. The van der Waals surface area contributed by atoms with E-state index in [4.69, 9.17) is 5.73 Å². The maximum Gasteiger partial charge on any atom is 0.149 e. The molecule has 25 heavy (non-hydrogen) atoms. The van der Waals surface area contributed by atoms with Crippen LogP contribution in [0.3, 0.4) is 0 Å². The number of nitrogens with zero attached hydrogens (tertiary/aromatic N) is 3. The van der Waals surface area contributed by atoms with E-state index in [1.54, 1.807) is 6.20 Å². The van der Waals surface area contributed by atoms with E-state index in [9.17, 15) is 0 Å². The van der Waals surface area contributed by atoms with Crippen LogP contribution in [0.4, 0.5) is 5.82 Å². The predicted octanol–water partition coefficient (Wildman–Crippen LogP) is 3.82. The molecule has 0 saturated carbocycles. The minimum Gasteiger partial charge on any atom is -0.399 e. The van der Waals surface area contributed by atoms with Crippen LogP contribution in [0.15, 0.2) is 67.4 Å². The minimum absolute atomic E-state index is 0.353. The molecule has 5 heteroatoms. The van der Waals surface area contributed by atoms with Crippen molar-refractivity contribution in [3.8, 4) is 11.3 Å². The second kappa shape index (κ2) is 6.73. The summed E-state index contributed by atoms with van der Waals surface area (Å²) in [6.07, 6.45) is 1.78. The van der Waals surface area contributed by atoms with E-state index in [1.807, 2.05) is 54.6 Å². The Morgan fingerprint density at radius 1 is 1.04 bits per heavy atom. The molecular formula is C20H21N5. The average molecular weight is 331 g/mol. The maximum absolute atomic E-state index is 5.76. The highest BCUT2D eigenvalue weighted by Gasteiger charge is 2.22. The Morgan fingerprint density at radius 2 is 1.88 bits per heavy atom. The zero-order valence-corrected chi connectivity index (χ0v) is 14.4. The van der Waals surface area contributed by atoms with Gasteiger partial charge in [0.15, 0.2) is 0 Å². The van der Waals surface area contributed by atoms with Gasteiger partial charge in [-0.15, -0.1) is 10.2 Å². The van der Waals surface area contributed by atoms with Crippen molar-refractivity contribution in [3.63, 3.8) is 0 Å². The number of hydrogen-bond donors (Lipinski definition) is 2. The minimum atomic E-state index is -0.353. The molecule has 0 atom stereocenters. The van der Waals surface area contributed by atoms with Crippen molar-refractivity contribution >= 4 is 11.5 Å². The summed E-state index contributed by atoms with van der Waals surface area (Å²) in [5.41, 5.74) is 9.50. The monoisotopic (exact) mass is 331 g/mol. The quantitative estimate of drug-likeness (QED) is 0.743. The van der Waals surface area contributed by atoms with Crippen LogP contribution in [0.25, 0.3) is 17.0 Å². The van der Waals surface area contributed by atoms with Crippen molar-refractivity contribution in [1.29, 1.82) is 0 Å². The first-order chi connectivity index (χ1) is 12.0. The first-order valence-corrected chi connectivity index (χ1v) is 8.04. The molecule has 0 fully saturated rings. The zero-order valence-electron chi connectivity index (χ0n) is 14.4. The molecule has 1 aromatic carbocycles. The number of hydrogen-bond acceptors (Lipinski definition) is 5. The average Bonchev–Trinajstić information content (AvgIpc) is 2.63. The van der Waals surface area contributed by atoms with Gasteiger partial charge in [0, 0.05) is 17.5 Å². The molecule has 3 N–H and O–H groups in total. The molecule has 0 amide bonds. The van der Waals surface area contributed by atoms with Crippen LogP contribution in [0, 0.1) is 0 Å². The van der Waals surface area contributed by atoms with Gasteiger partial charge < -0.3 is 11.1 Å². The van der Waals surface area contributed by atoms with Crippen molar-refractivity contribution in [3.05, 3.63) is 78.6 Å². The van der Waals surface area contributed by atoms with Gasteiger partial charge in [-0.1, -0.05) is 30.8 Å². The van der Waals surface area contributed by atoms with E-state index < -0.39 is 0 Å². The SMILES string of the molecule is C=C(N)c1cccc(-c2ccc(NC(C)(C)c3ccccn3)nn2)c1. The lowest BCUT2D eigenvalue weighted by molar-refractivity contribution is 0.582. The van der Waals surface area contributed by atoms with Gasteiger partial charge in [-0.05, 0) is 49.7 Å². The predicted molar refractivity (Wildman–Crippen MR) is 102 cm³/mol. The van der Waals surface area contributed by atoms with Gasteiger partial charge in [-0.25, -0.2) is 0 Å². The smallest absolute Gasteiger partial charge is 0.149 e. The maximum atomic E-state index is 5.76. The Labute approximate surface area is 147 Å². The second-order valence-corrected chi connectivity index (χ2v) is 6.37. The number of pyridine rings is 1. The lowest BCUT2D eigenvalue weighted by Crippen LogP contribution is -2.29. The third-order valence-electron chi connectivity index (χ3n) is 3.94.